The number of aryl methyl sites for hydroxylation is 1. The number of methoxy groups -OCH3 is 1. The minimum Gasteiger partial charge on any atom is -0.497 e. The van der Waals surface area contributed by atoms with E-state index in [2.05, 4.69) is 31.2 Å². The number of rotatable bonds is 4. The van der Waals surface area contributed by atoms with Gasteiger partial charge in [0.25, 0.3) is 0 Å². The zero-order chi connectivity index (χ0) is 24.7. The van der Waals surface area contributed by atoms with Crippen molar-refractivity contribution in [2.75, 3.05) is 7.11 Å². The monoisotopic (exact) mass is 474 g/mol. The lowest BCUT2D eigenvalue weighted by Gasteiger charge is -2.50. The van der Waals surface area contributed by atoms with E-state index >= 15 is 0 Å². The Morgan fingerprint density at radius 2 is 1.74 bits per heavy atom. The summed E-state index contributed by atoms with van der Waals surface area (Å²) >= 11 is 0. The molecular weight excluding hydrogens is 440 g/mol. The first-order chi connectivity index (χ1) is 16.8. The molecule has 0 amide bonds. The summed E-state index contributed by atoms with van der Waals surface area (Å²) in [5.41, 5.74) is 4.95. The third-order valence-electron chi connectivity index (χ3n) is 8.54. The molecule has 0 unspecified atom stereocenters. The van der Waals surface area contributed by atoms with Crippen LogP contribution in [0, 0.1) is 17.3 Å². The molecule has 5 heteroatoms. The van der Waals surface area contributed by atoms with Gasteiger partial charge < -0.3 is 14.2 Å². The van der Waals surface area contributed by atoms with Gasteiger partial charge in [0.05, 0.1) is 7.11 Å². The van der Waals surface area contributed by atoms with Gasteiger partial charge in [-0.15, -0.1) is 0 Å². The van der Waals surface area contributed by atoms with Gasteiger partial charge in [-0.25, -0.2) is 0 Å². The zero-order valence-electron chi connectivity index (χ0n) is 21.0. The van der Waals surface area contributed by atoms with Crippen LogP contribution in [0.5, 0.6) is 11.5 Å². The number of hydrogen-bond donors (Lipinski definition) is 0. The fourth-order valence-corrected chi connectivity index (χ4v) is 7.06. The van der Waals surface area contributed by atoms with Gasteiger partial charge in [0, 0.05) is 19.3 Å². The van der Waals surface area contributed by atoms with Crippen molar-refractivity contribution in [3.8, 4) is 11.5 Å². The normalized spacial score (nSPS) is 30.1. The van der Waals surface area contributed by atoms with Crippen molar-refractivity contribution in [2.45, 2.75) is 64.9 Å². The molecule has 0 aromatic heterocycles. The van der Waals surface area contributed by atoms with Crippen LogP contribution in [0.2, 0.25) is 0 Å². The lowest BCUT2D eigenvalue weighted by atomic mass is 9.55. The zero-order valence-corrected chi connectivity index (χ0v) is 21.0. The maximum atomic E-state index is 12.2. The summed E-state index contributed by atoms with van der Waals surface area (Å²) in [5, 5.41) is 0. The molecule has 5 rings (SSSR count). The van der Waals surface area contributed by atoms with E-state index in [1.165, 1.54) is 30.5 Å². The Hall–Kier alpha value is -3.08. The second-order valence-electron chi connectivity index (χ2n) is 10.6. The molecule has 35 heavy (non-hydrogen) atoms. The minimum atomic E-state index is -0.286. The summed E-state index contributed by atoms with van der Waals surface area (Å²) in [6, 6.07) is 14.2. The van der Waals surface area contributed by atoms with Crippen LogP contribution in [0.3, 0.4) is 0 Å². The highest BCUT2D eigenvalue weighted by Crippen LogP contribution is 2.63. The van der Waals surface area contributed by atoms with Crippen LogP contribution >= 0.6 is 0 Å². The van der Waals surface area contributed by atoms with E-state index in [0.29, 0.717) is 23.5 Å². The van der Waals surface area contributed by atoms with Crippen LogP contribution in [0.4, 0.5) is 0 Å². The third kappa shape index (κ3) is 4.37. The first-order valence-corrected chi connectivity index (χ1v) is 12.6. The van der Waals surface area contributed by atoms with Crippen molar-refractivity contribution in [3.63, 3.8) is 0 Å². The van der Waals surface area contributed by atoms with Gasteiger partial charge in [-0.3, -0.25) is 9.59 Å². The van der Waals surface area contributed by atoms with Crippen LogP contribution in [0.25, 0.3) is 6.08 Å². The second kappa shape index (κ2) is 9.18. The topological polar surface area (TPSA) is 61.8 Å². The maximum Gasteiger partial charge on any atom is 0.308 e. The summed E-state index contributed by atoms with van der Waals surface area (Å²) in [4.78, 5) is 23.6. The van der Waals surface area contributed by atoms with Gasteiger partial charge in [0.1, 0.15) is 17.6 Å². The summed E-state index contributed by atoms with van der Waals surface area (Å²) in [6.07, 6.45) is 7.14. The van der Waals surface area contributed by atoms with Crippen LogP contribution in [-0.2, 0) is 20.7 Å². The van der Waals surface area contributed by atoms with E-state index in [-0.39, 0.29) is 23.5 Å². The molecule has 0 radical (unpaired) electrons. The number of carbonyl (C=O) groups excluding carboxylic acids is 2. The van der Waals surface area contributed by atoms with Crippen molar-refractivity contribution in [3.05, 3.63) is 64.7 Å². The minimum absolute atomic E-state index is 0.0691. The van der Waals surface area contributed by atoms with Gasteiger partial charge in [-0.05, 0) is 96.4 Å². The first kappa shape index (κ1) is 23.7. The number of carbonyl (C=O) groups is 2. The molecule has 2 aromatic carbocycles. The molecule has 0 N–H and O–H groups in total. The first-order valence-electron chi connectivity index (χ1n) is 12.6. The highest BCUT2D eigenvalue weighted by atomic mass is 16.5. The van der Waals surface area contributed by atoms with Gasteiger partial charge in [-0.2, -0.15) is 0 Å². The molecule has 5 nitrogen and oxygen atoms in total. The van der Waals surface area contributed by atoms with E-state index in [0.717, 1.165) is 43.4 Å². The SMILES string of the molecule is COc1ccc(/C=C2\C[C@@H]3[C@H]4CCc5cc(OC(C)=O)ccc5[C@H]4CC[C@@]3(C)[C@H]2OC(C)=O)cc1. The Balaban J connectivity index is 1.46. The molecule has 0 saturated heterocycles. The van der Waals surface area contributed by atoms with Crippen LogP contribution in [0.15, 0.2) is 48.0 Å². The molecule has 5 atom stereocenters. The Labute approximate surface area is 207 Å². The molecule has 2 fully saturated rings. The molecule has 3 aliphatic rings. The molecule has 2 aromatic rings. The number of ether oxygens (including phenoxy) is 3. The predicted octanol–water partition coefficient (Wildman–Crippen LogP) is 6.10. The lowest BCUT2D eigenvalue weighted by molar-refractivity contribution is -0.152. The molecule has 0 aliphatic heterocycles. The summed E-state index contributed by atoms with van der Waals surface area (Å²) in [6.45, 7) is 5.29. The highest BCUT2D eigenvalue weighted by molar-refractivity contribution is 5.69. The third-order valence-corrected chi connectivity index (χ3v) is 8.54. The Kier molecular flexibility index (Phi) is 6.20. The number of fused-ring (bicyclic) bond motifs is 5. The summed E-state index contributed by atoms with van der Waals surface area (Å²) in [7, 11) is 1.67. The van der Waals surface area contributed by atoms with Crippen molar-refractivity contribution in [1.29, 1.82) is 0 Å². The summed E-state index contributed by atoms with van der Waals surface area (Å²) in [5.74, 6) is 2.45. The molecule has 0 spiro atoms. The van der Waals surface area contributed by atoms with Crippen molar-refractivity contribution >= 4 is 18.0 Å². The Bertz CT molecular complexity index is 1160. The molecule has 2 saturated carbocycles. The largest absolute Gasteiger partial charge is 0.497 e. The second-order valence-corrected chi connectivity index (χ2v) is 10.6. The average molecular weight is 475 g/mol. The average Bonchev–Trinajstić information content (AvgIpc) is 3.10. The quantitative estimate of drug-likeness (QED) is 0.396. The lowest BCUT2D eigenvalue weighted by Crippen LogP contribution is -2.45. The van der Waals surface area contributed by atoms with E-state index < -0.39 is 0 Å². The van der Waals surface area contributed by atoms with E-state index in [1.807, 2.05) is 24.3 Å². The van der Waals surface area contributed by atoms with Crippen molar-refractivity contribution in [1.82, 2.24) is 0 Å². The Morgan fingerprint density at radius 3 is 2.43 bits per heavy atom. The van der Waals surface area contributed by atoms with Crippen molar-refractivity contribution < 1.29 is 23.8 Å². The molecule has 0 bridgehead atoms. The van der Waals surface area contributed by atoms with Crippen LogP contribution < -0.4 is 9.47 Å². The van der Waals surface area contributed by atoms with E-state index in [9.17, 15) is 9.59 Å². The van der Waals surface area contributed by atoms with Crippen LogP contribution in [0.1, 0.15) is 69.1 Å². The van der Waals surface area contributed by atoms with E-state index in [1.54, 1.807) is 7.11 Å². The van der Waals surface area contributed by atoms with Gasteiger partial charge in [0.2, 0.25) is 0 Å². The molecule has 0 heterocycles. The predicted molar refractivity (Wildman–Crippen MR) is 134 cm³/mol. The highest BCUT2D eigenvalue weighted by Gasteiger charge is 2.58. The van der Waals surface area contributed by atoms with Gasteiger partial charge in [0.15, 0.2) is 0 Å². The van der Waals surface area contributed by atoms with E-state index in [4.69, 9.17) is 14.2 Å². The molecular formula is C30H34O5. The smallest absolute Gasteiger partial charge is 0.308 e. The van der Waals surface area contributed by atoms with Crippen LogP contribution in [-0.4, -0.2) is 25.2 Å². The number of hydrogen-bond acceptors (Lipinski definition) is 5. The Morgan fingerprint density at radius 1 is 1.00 bits per heavy atom. The fourth-order valence-electron chi connectivity index (χ4n) is 7.06. The number of benzene rings is 2. The fraction of sp³-hybridized carbons (Fsp3) is 0.467. The molecule has 184 valence electrons. The van der Waals surface area contributed by atoms with Gasteiger partial charge >= 0.3 is 11.9 Å². The number of esters is 2. The summed E-state index contributed by atoms with van der Waals surface area (Å²) < 4.78 is 16.7. The standard InChI is InChI=1S/C30H34O5/c1-18(31)34-24-10-12-25-21(16-24)7-11-27-26(25)13-14-30(3)28(27)17-22(29(30)35-19(2)32)15-20-5-8-23(33-4)9-6-20/h5-6,8-10,12,15-16,26-29H,7,11,13-14,17H2,1-4H3/b22-15+/t26-,27+,28-,29+,30-/m1/s1. The molecule has 3 aliphatic carbocycles. The van der Waals surface area contributed by atoms with Crippen molar-refractivity contribution in [2.24, 2.45) is 17.3 Å². The maximum absolute atomic E-state index is 12.2. The van der Waals surface area contributed by atoms with Gasteiger partial charge in [-0.1, -0.05) is 31.2 Å².